The van der Waals surface area contributed by atoms with Gasteiger partial charge in [0, 0.05) is 0 Å². The molecule has 0 saturated carbocycles. The predicted molar refractivity (Wildman–Crippen MR) is 123 cm³/mol. The van der Waals surface area contributed by atoms with Gasteiger partial charge >= 0.3 is 11.9 Å². The van der Waals surface area contributed by atoms with E-state index in [0.717, 1.165) is 5.56 Å². The molecule has 2 aromatic carbocycles. The van der Waals surface area contributed by atoms with Crippen LogP contribution in [0.3, 0.4) is 0 Å². The number of carbonyl (C=O) groups is 2. The Balaban J connectivity index is 2.52. The first-order chi connectivity index (χ1) is 14.6. The summed E-state index contributed by atoms with van der Waals surface area (Å²) in [6.45, 7) is 11.4. The highest BCUT2D eigenvalue weighted by molar-refractivity contribution is 7.92. The lowest BCUT2D eigenvalue weighted by atomic mass is 9.95. The molecule has 0 amide bonds. The maximum absolute atomic E-state index is 13.3. The van der Waals surface area contributed by atoms with Gasteiger partial charge in [0.25, 0.3) is 0 Å². The quantitative estimate of drug-likeness (QED) is 0.560. The van der Waals surface area contributed by atoms with Crippen molar-refractivity contribution in [2.24, 2.45) is 0 Å². The van der Waals surface area contributed by atoms with Crippen LogP contribution in [-0.4, -0.2) is 30.7 Å². The van der Waals surface area contributed by atoms with E-state index in [-0.39, 0.29) is 22.6 Å². The first-order valence-electron chi connectivity index (χ1n) is 10.5. The molecule has 174 valence electrons. The topological polar surface area (TPSA) is 86.7 Å². The minimum absolute atomic E-state index is 0.0752. The van der Waals surface area contributed by atoms with E-state index in [9.17, 15) is 18.0 Å². The van der Waals surface area contributed by atoms with Crippen molar-refractivity contribution in [2.75, 3.05) is 0 Å². The van der Waals surface area contributed by atoms with E-state index in [2.05, 4.69) is 0 Å². The first kappa shape index (κ1) is 25.6. The van der Waals surface area contributed by atoms with Gasteiger partial charge in [0.05, 0.1) is 21.1 Å². The molecule has 0 aromatic heterocycles. The predicted octanol–water partition coefficient (Wildman–Crippen LogP) is 5.06. The van der Waals surface area contributed by atoms with Gasteiger partial charge in [-0.1, -0.05) is 42.5 Å². The second-order valence-corrected chi connectivity index (χ2v) is 12.3. The van der Waals surface area contributed by atoms with Crippen molar-refractivity contribution in [1.82, 2.24) is 0 Å². The van der Waals surface area contributed by atoms with Gasteiger partial charge in [-0.15, -0.1) is 0 Å². The molecule has 2 rings (SSSR count). The lowest BCUT2D eigenvalue weighted by molar-refractivity contribution is -0.146. The Bertz CT molecular complexity index is 1070. The average molecular weight is 461 g/mol. The smallest absolute Gasteiger partial charge is 0.340 e. The molecule has 0 aliphatic carbocycles. The minimum atomic E-state index is -3.90. The summed E-state index contributed by atoms with van der Waals surface area (Å²) in [5, 5.41) is 0. The van der Waals surface area contributed by atoms with Crippen LogP contribution in [0.4, 0.5) is 0 Å². The largest absolute Gasteiger partial charge is 0.460 e. The summed E-state index contributed by atoms with van der Waals surface area (Å²) in [6, 6.07) is 13.7. The first-order valence-corrected chi connectivity index (χ1v) is 11.9. The van der Waals surface area contributed by atoms with Crippen molar-refractivity contribution in [2.45, 2.75) is 76.2 Å². The number of rotatable bonds is 6. The summed E-state index contributed by atoms with van der Waals surface area (Å²) in [5.74, 6) is -2.24. The highest BCUT2D eigenvalue weighted by Gasteiger charge is 2.38. The SMILES string of the molecule is C[C@@H](C(=O)OCc1ccccc1)c1cccc(S(=O)(=O)C(C)(C)C)c1C(=O)OC(C)(C)C. The Morgan fingerprint density at radius 2 is 1.50 bits per heavy atom. The fraction of sp³-hybridized carbons (Fsp3) is 0.440. The van der Waals surface area contributed by atoms with Gasteiger partial charge in [0.15, 0.2) is 9.84 Å². The van der Waals surface area contributed by atoms with Crippen molar-refractivity contribution in [3.8, 4) is 0 Å². The number of benzene rings is 2. The number of carbonyl (C=O) groups excluding carboxylic acids is 2. The average Bonchev–Trinajstić information content (AvgIpc) is 2.69. The van der Waals surface area contributed by atoms with E-state index in [4.69, 9.17) is 9.47 Å². The van der Waals surface area contributed by atoms with E-state index in [1.165, 1.54) is 12.1 Å². The van der Waals surface area contributed by atoms with Crippen molar-refractivity contribution in [3.63, 3.8) is 0 Å². The third kappa shape index (κ3) is 5.97. The van der Waals surface area contributed by atoms with E-state index in [0.29, 0.717) is 0 Å². The van der Waals surface area contributed by atoms with Gasteiger partial charge in [-0.3, -0.25) is 4.79 Å². The summed E-state index contributed by atoms with van der Waals surface area (Å²) >= 11 is 0. The zero-order valence-corrected chi connectivity index (χ0v) is 20.6. The molecular weight excluding hydrogens is 428 g/mol. The Morgan fingerprint density at radius 3 is 2.03 bits per heavy atom. The van der Waals surface area contributed by atoms with Gasteiger partial charge in [-0.25, -0.2) is 13.2 Å². The monoisotopic (exact) mass is 460 g/mol. The van der Waals surface area contributed by atoms with Crippen LogP contribution in [0, 0.1) is 0 Å². The lowest BCUT2D eigenvalue weighted by Crippen LogP contribution is -2.32. The van der Waals surface area contributed by atoms with Crippen molar-refractivity contribution < 1.29 is 27.5 Å². The van der Waals surface area contributed by atoms with Crippen LogP contribution in [-0.2, 0) is 30.7 Å². The van der Waals surface area contributed by atoms with Gasteiger partial charge in [-0.2, -0.15) is 0 Å². The van der Waals surface area contributed by atoms with Gasteiger partial charge < -0.3 is 9.47 Å². The van der Waals surface area contributed by atoms with E-state index >= 15 is 0 Å². The number of sulfone groups is 1. The lowest BCUT2D eigenvalue weighted by Gasteiger charge is -2.26. The molecule has 0 unspecified atom stereocenters. The van der Waals surface area contributed by atoms with Crippen molar-refractivity contribution in [3.05, 3.63) is 65.2 Å². The summed E-state index contributed by atoms with van der Waals surface area (Å²) in [6.07, 6.45) is 0. The molecule has 1 atom stereocenters. The molecule has 0 heterocycles. The van der Waals surface area contributed by atoms with Gasteiger partial charge in [0.2, 0.25) is 0 Å². The Morgan fingerprint density at radius 1 is 0.906 bits per heavy atom. The second-order valence-electron chi connectivity index (χ2n) is 9.65. The fourth-order valence-corrected chi connectivity index (χ4v) is 4.38. The summed E-state index contributed by atoms with van der Waals surface area (Å²) in [5.41, 5.74) is 0.109. The number of hydrogen-bond donors (Lipinski definition) is 0. The van der Waals surface area contributed by atoms with Crippen LogP contribution in [0.5, 0.6) is 0 Å². The van der Waals surface area contributed by atoms with Crippen molar-refractivity contribution in [1.29, 1.82) is 0 Å². The highest BCUT2D eigenvalue weighted by Crippen LogP contribution is 2.34. The molecule has 0 fully saturated rings. The molecule has 7 heteroatoms. The van der Waals surface area contributed by atoms with Crippen LogP contribution in [0.15, 0.2) is 53.4 Å². The molecule has 6 nitrogen and oxygen atoms in total. The standard InChI is InChI=1S/C25H32O6S/c1-17(22(26)30-16-18-12-9-8-10-13-18)19-14-11-15-20(32(28,29)25(5,6)7)21(19)23(27)31-24(2,3)4/h8-15,17H,16H2,1-7H3/t17-/m1/s1. The molecule has 0 bridgehead atoms. The minimum Gasteiger partial charge on any atom is -0.460 e. The third-order valence-electron chi connectivity index (χ3n) is 4.80. The van der Waals surface area contributed by atoms with E-state index in [1.807, 2.05) is 30.3 Å². The molecule has 0 spiro atoms. The van der Waals surface area contributed by atoms with Crippen LogP contribution < -0.4 is 0 Å². The van der Waals surface area contributed by atoms with Crippen LogP contribution in [0.2, 0.25) is 0 Å². The van der Waals surface area contributed by atoms with Gasteiger partial charge in [-0.05, 0) is 65.7 Å². The molecule has 32 heavy (non-hydrogen) atoms. The van der Waals surface area contributed by atoms with Crippen molar-refractivity contribution >= 4 is 21.8 Å². The molecule has 0 N–H and O–H groups in total. The summed E-state index contributed by atoms with van der Waals surface area (Å²) < 4.78 is 36.3. The number of esters is 2. The molecular formula is C25H32O6S. The zero-order chi connectivity index (χ0) is 24.3. The Kier molecular flexibility index (Phi) is 7.55. The summed E-state index contributed by atoms with van der Waals surface area (Å²) in [4.78, 5) is 25.8. The maximum Gasteiger partial charge on any atom is 0.340 e. The van der Waals surface area contributed by atoms with Gasteiger partial charge in [0.1, 0.15) is 12.2 Å². The Labute approximate surface area is 190 Å². The number of hydrogen-bond acceptors (Lipinski definition) is 6. The number of ether oxygens (including phenoxy) is 2. The van der Waals surface area contributed by atoms with Crippen LogP contribution in [0.1, 0.15) is 75.9 Å². The highest BCUT2D eigenvalue weighted by atomic mass is 32.2. The molecule has 0 saturated heterocycles. The third-order valence-corrected chi connectivity index (χ3v) is 7.33. The molecule has 2 aromatic rings. The maximum atomic E-state index is 13.3. The summed E-state index contributed by atoms with van der Waals surface area (Å²) in [7, 11) is -3.90. The molecule has 0 radical (unpaired) electrons. The zero-order valence-electron chi connectivity index (χ0n) is 19.8. The van der Waals surface area contributed by atoms with E-state index < -0.39 is 38.0 Å². The molecule has 0 aliphatic heterocycles. The molecule has 0 aliphatic rings. The fourth-order valence-electron chi connectivity index (χ4n) is 2.99. The van der Waals surface area contributed by atoms with Crippen LogP contribution >= 0.6 is 0 Å². The van der Waals surface area contributed by atoms with Crippen LogP contribution in [0.25, 0.3) is 0 Å². The Hall–Kier alpha value is -2.67. The van der Waals surface area contributed by atoms with E-state index in [1.54, 1.807) is 54.5 Å². The second kappa shape index (κ2) is 9.45. The normalized spacial score (nSPS) is 13.3.